The fourth-order valence-corrected chi connectivity index (χ4v) is 5.67. The van der Waals surface area contributed by atoms with Crippen LogP contribution in [0.2, 0.25) is 0 Å². The minimum absolute atomic E-state index is 0.0255. The minimum atomic E-state index is -0.314. The summed E-state index contributed by atoms with van der Waals surface area (Å²) in [6, 6.07) is 12.4. The first-order valence-electron chi connectivity index (χ1n) is 11.8. The predicted octanol–water partition coefficient (Wildman–Crippen LogP) is 6.59. The van der Waals surface area contributed by atoms with Crippen molar-refractivity contribution >= 4 is 17.2 Å². The predicted molar refractivity (Wildman–Crippen MR) is 133 cm³/mol. The van der Waals surface area contributed by atoms with Crippen LogP contribution in [0.4, 0.5) is 8.78 Å². The van der Waals surface area contributed by atoms with Gasteiger partial charge in [-0.3, -0.25) is 4.79 Å². The quantitative estimate of drug-likeness (QED) is 0.342. The first-order valence-corrected chi connectivity index (χ1v) is 12.6. The molecule has 1 saturated heterocycles. The number of halogens is 2. The van der Waals surface area contributed by atoms with E-state index in [0.717, 1.165) is 51.8 Å². The number of hydrogen-bond donors (Lipinski definition) is 1. The number of thiazole rings is 1. The van der Waals surface area contributed by atoms with Gasteiger partial charge in [-0.2, -0.15) is 0 Å². The zero-order valence-electron chi connectivity index (χ0n) is 19.6. The Morgan fingerprint density at radius 2 is 1.69 bits per heavy atom. The molecule has 0 saturated carbocycles. The molecule has 5 nitrogen and oxygen atoms in total. The summed E-state index contributed by atoms with van der Waals surface area (Å²) in [6.07, 6.45) is 4.66. The highest BCUT2D eigenvalue weighted by atomic mass is 32.1. The maximum atomic E-state index is 13.8. The number of imidazole rings is 1. The largest absolute Gasteiger partial charge is 0.348 e. The van der Waals surface area contributed by atoms with Crippen molar-refractivity contribution in [3.8, 4) is 21.7 Å². The van der Waals surface area contributed by atoms with Crippen LogP contribution in [0.15, 0.2) is 54.7 Å². The monoisotopic (exact) mass is 492 g/mol. The molecular formula is C27H26F2N4OS. The maximum Gasteiger partial charge on any atom is 0.274 e. The number of nitrogens with one attached hydrogen (secondary N) is 1. The average Bonchev–Trinajstić information content (AvgIpc) is 3.51. The summed E-state index contributed by atoms with van der Waals surface area (Å²) in [5, 5.41) is 0.796. The van der Waals surface area contributed by atoms with Gasteiger partial charge in [0.1, 0.15) is 23.2 Å². The SMILES string of the molecule is Cc1nc(C(=O)N2CCCCC2C(C)c2nc(-c3ccc(F)cc3)c[nH]2)c(-c2ccc(F)cc2)s1. The molecule has 0 radical (unpaired) electrons. The molecule has 180 valence electrons. The van der Waals surface area contributed by atoms with Crippen LogP contribution in [0.3, 0.4) is 0 Å². The number of H-pyrrole nitrogens is 1. The summed E-state index contributed by atoms with van der Waals surface area (Å²) >= 11 is 1.45. The molecule has 5 rings (SSSR count). The number of rotatable bonds is 5. The van der Waals surface area contributed by atoms with Crippen LogP contribution in [0.25, 0.3) is 21.7 Å². The number of aryl methyl sites for hydroxylation is 1. The van der Waals surface area contributed by atoms with E-state index >= 15 is 0 Å². The lowest BCUT2D eigenvalue weighted by molar-refractivity contribution is 0.0572. The Balaban J connectivity index is 1.42. The van der Waals surface area contributed by atoms with Crippen LogP contribution in [-0.4, -0.2) is 38.3 Å². The van der Waals surface area contributed by atoms with Gasteiger partial charge in [-0.05, 0) is 68.1 Å². The van der Waals surface area contributed by atoms with Crippen molar-refractivity contribution in [2.24, 2.45) is 0 Å². The Morgan fingerprint density at radius 1 is 1.03 bits per heavy atom. The zero-order chi connectivity index (χ0) is 24.5. The molecule has 2 aromatic carbocycles. The van der Waals surface area contributed by atoms with Crippen molar-refractivity contribution in [2.45, 2.75) is 45.1 Å². The van der Waals surface area contributed by atoms with E-state index in [-0.39, 0.29) is 29.5 Å². The van der Waals surface area contributed by atoms with Gasteiger partial charge in [0.25, 0.3) is 5.91 Å². The van der Waals surface area contributed by atoms with Gasteiger partial charge in [0.15, 0.2) is 0 Å². The van der Waals surface area contributed by atoms with Crippen molar-refractivity contribution in [2.75, 3.05) is 6.54 Å². The molecule has 2 aromatic heterocycles. The summed E-state index contributed by atoms with van der Waals surface area (Å²) in [5.74, 6) is 0.0676. The minimum Gasteiger partial charge on any atom is -0.348 e. The summed E-state index contributed by atoms with van der Waals surface area (Å²) in [6.45, 7) is 4.61. The lowest BCUT2D eigenvalue weighted by Gasteiger charge is -2.38. The van der Waals surface area contributed by atoms with E-state index in [0.29, 0.717) is 12.2 Å². The van der Waals surface area contributed by atoms with Gasteiger partial charge in [-0.15, -0.1) is 11.3 Å². The van der Waals surface area contributed by atoms with Gasteiger partial charge < -0.3 is 9.88 Å². The number of hydrogen-bond acceptors (Lipinski definition) is 4. The van der Waals surface area contributed by atoms with Gasteiger partial charge in [-0.1, -0.05) is 19.1 Å². The van der Waals surface area contributed by atoms with Crippen LogP contribution >= 0.6 is 11.3 Å². The standard InChI is InChI=1S/C27H26F2N4OS/c1-16(26-30-15-22(32-26)18-6-10-20(28)11-7-18)23-5-3-4-14-33(23)27(34)24-25(35-17(2)31-24)19-8-12-21(29)13-9-19/h6-13,15-16,23H,3-5,14H2,1-2H3,(H,30,32). The molecular weight excluding hydrogens is 466 g/mol. The van der Waals surface area contributed by atoms with E-state index in [2.05, 4.69) is 16.9 Å². The number of aromatic nitrogens is 3. The third-order valence-electron chi connectivity index (χ3n) is 6.60. The van der Waals surface area contributed by atoms with E-state index < -0.39 is 0 Å². The van der Waals surface area contributed by atoms with Crippen LogP contribution in [0, 0.1) is 18.6 Å². The number of aromatic amines is 1. The number of likely N-dealkylation sites (tertiary alicyclic amines) is 1. The lowest BCUT2D eigenvalue weighted by Crippen LogP contribution is -2.46. The summed E-state index contributed by atoms with van der Waals surface area (Å²) in [7, 11) is 0. The van der Waals surface area contributed by atoms with Crippen molar-refractivity contribution in [3.63, 3.8) is 0 Å². The molecule has 2 atom stereocenters. The van der Waals surface area contributed by atoms with E-state index in [1.54, 1.807) is 24.3 Å². The highest BCUT2D eigenvalue weighted by Gasteiger charge is 2.35. The topological polar surface area (TPSA) is 61.9 Å². The number of piperidine rings is 1. The number of benzene rings is 2. The first-order chi connectivity index (χ1) is 16.9. The van der Waals surface area contributed by atoms with Gasteiger partial charge in [0.05, 0.1) is 15.6 Å². The molecule has 1 N–H and O–H groups in total. The summed E-state index contributed by atoms with van der Waals surface area (Å²) in [4.78, 5) is 29.1. The Labute approximate surface area is 206 Å². The Kier molecular flexibility index (Phi) is 6.47. The number of carbonyl (C=O) groups excluding carboxylic acids is 1. The van der Waals surface area contributed by atoms with Gasteiger partial charge >= 0.3 is 0 Å². The van der Waals surface area contributed by atoms with Crippen molar-refractivity contribution < 1.29 is 13.6 Å². The van der Waals surface area contributed by atoms with Crippen molar-refractivity contribution in [1.29, 1.82) is 0 Å². The second-order valence-corrected chi connectivity index (χ2v) is 10.1. The molecule has 0 bridgehead atoms. The molecule has 3 heterocycles. The van der Waals surface area contributed by atoms with Crippen LogP contribution in [0.5, 0.6) is 0 Å². The fraction of sp³-hybridized carbons (Fsp3) is 0.296. The molecule has 1 amide bonds. The van der Waals surface area contributed by atoms with Gasteiger partial charge in [0.2, 0.25) is 0 Å². The van der Waals surface area contributed by atoms with Crippen LogP contribution < -0.4 is 0 Å². The van der Waals surface area contributed by atoms with E-state index in [9.17, 15) is 13.6 Å². The molecule has 1 aliphatic heterocycles. The Bertz CT molecular complexity index is 1330. The first kappa shape index (κ1) is 23.4. The Morgan fingerprint density at radius 3 is 2.37 bits per heavy atom. The second kappa shape index (κ2) is 9.70. The molecule has 1 fully saturated rings. The number of nitrogens with zero attached hydrogens (tertiary/aromatic N) is 3. The maximum absolute atomic E-state index is 13.8. The smallest absolute Gasteiger partial charge is 0.274 e. The van der Waals surface area contributed by atoms with Crippen LogP contribution in [0.1, 0.15) is 53.4 Å². The molecule has 2 unspecified atom stereocenters. The van der Waals surface area contributed by atoms with E-state index in [1.165, 1.54) is 35.6 Å². The second-order valence-electron chi connectivity index (χ2n) is 8.95. The summed E-state index contributed by atoms with van der Waals surface area (Å²) in [5.41, 5.74) is 2.79. The summed E-state index contributed by atoms with van der Waals surface area (Å²) < 4.78 is 26.8. The third kappa shape index (κ3) is 4.75. The van der Waals surface area contributed by atoms with Gasteiger partial charge in [0, 0.05) is 30.3 Å². The molecule has 35 heavy (non-hydrogen) atoms. The average molecular weight is 493 g/mol. The van der Waals surface area contributed by atoms with Crippen molar-refractivity contribution in [1.82, 2.24) is 19.9 Å². The van der Waals surface area contributed by atoms with Crippen molar-refractivity contribution in [3.05, 3.63) is 82.9 Å². The van der Waals surface area contributed by atoms with E-state index in [1.807, 2.05) is 18.0 Å². The fourth-order valence-electron chi connectivity index (χ4n) is 4.75. The van der Waals surface area contributed by atoms with Gasteiger partial charge in [-0.25, -0.2) is 18.7 Å². The normalized spacial score (nSPS) is 16.9. The third-order valence-corrected chi connectivity index (χ3v) is 7.62. The molecule has 0 aliphatic carbocycles. The molecule has 1 aliphatic rings. The van der Waals surface area contributed by atoms with E-state index in [4.69, 9.17) is 4.98 Å². The Hall–Kier alpha value is -3.39. The number of amides is 1. The lowest BCUT2D eigenvalue weighted by atomic mass is 9.90. The highest BCUT2D eigenvalue weighted by molar-refractivity contribution is 7.15. The number of carbonyl (C=O) groups is 1. The van der Waals surface area contributed by atoms with Crippen LogP contribution in [-0.2, 0) is 0 Å². The molecule has 0 spiro atoms. The molecule has 8 heteroatoms. The highest BCUT2D eigenvalue weighted by Crippen LogP contribution is 2.35. The zero-order valence-corrected chi connectivity index (χ0v) is 20.4. The molecule has 4 aromatic rings.